The van der Waals surface area contributed by atoms with Crippen LogP contribution in [0.15, 0.2) is 0 Å². The summed E-state index contributed by atoms with van der Waals surface area (Å²) in [4.78, 5) is 22.8. The normalized spacial score (nSPS) is 11.1. The lowest BCUT2D eigenvalue weighted by Gasteiger charge is -2.24. The molecule has 0 spiro atoms. The van der Waals surface area contributed by atoms with Crippen molar-refractivity contribution in [3.8, 4) is 0 Å². The van der Waals surface area contributed by atoms with Crippen LogP contribution in [0.3, 0.4) is 0 Å². The fraction of sp³-hybridized carbons (Fsp3) is 0.846. The van der Waals surface area contributed by atoms with Gasteiger partial charge < -0.3 is 16.0 Å². The second-order valence-electron chi connectivity index (χ2n) is 5.06. The molecule has 0 bridgehead atoms. The van der Waals surface area contributed by atoms with Crippen LogP contribution in [0.4, 0.5) is 0 Å². The monoisotopic (exact) mass is 257 g/mol. The van der Waals surface area contributed by atoms with E-state index in [0.717, 1.165) is 12.8 Å². The van der Waals surface area contributed by atoms with E-state index < -0.39 is 0 Å². The zero-order chi connectivity index (χ0) is 14.0. The Morgan fingerprint density at radius 1 is 1.06 bits per heavy atom. The van der Waals surface area contributed by atoms with Crippen molar-refractivity contribution in [2.24, 2.45) is 0 Å². The van der Waals surface area contributed by atoms with E-state index in [-0.39, 0.29) is 23.9 Å². The van der Waals surface area contributed by atoms with Gasteiger partial charge in [0.05, 0.1) is 6.54 Å². The molecule has 0 rings (SSSR count). The Bertz CT molecular complexity index is 265. The third kappa shape index (κ3) is 8.98. The van der Waals surface area contributed by atoms with E-state index in [2.05, 4.69) is 16.0 Å². The number of carbonyl (C=O) groups excluding carboxylic acids is 2. The van der Waals surface area contributed by atoms with Gasteiger partial charge in [-0.25, -0.2) is 0 Å². The van der Waals surface area contributed by atoms with Gasteiger partial charge in [0.1, 0.15) is 0 Å². The zero-order valence-electron chi connectivity index (χ0n) is 12.1. The van der Waals surface area contributed by atoms with Crippen molar-refractivity contribution in [3.63, 3.8) is 0 Å². The van der Waals surface area contributed by atoms with E-state index in [1.54, 1.807) is 0 Å². The molecule has 0 unspecified atom stereocenters. The van der Waals surface area contributed by atoms with Gasteiger partial charge in [-0.05, 0) is 26.7 Å². The third-order valence-corrected chi connectivity index (χ3v) is 2.75. The molecule has 3 N–H and O–H groups in total. The SMILES string of the molecule is CCCNC(=O)CCNCC(=O)NC(C)(C)CC. The summed E-state index contributed by atoms with van der Waals surface area (Å²) in [5.74, 6) is -0.00513. The van der Waals surface area contributed by atoms with Crippen molar-refractivity contribution in [2.45, 2.75) is 52.5 Å². The van der Waals surface area contributed by atoms with Crippen molar-refractivity contribution in [2.75, 3.05) is 19.6 Å². The van der Waals surface area contributed by atoms with Crippen LogP contribution in [0.5, 0.6) is 0 Å². The molecule has 0 saturated heterocycles. The fourth-order valence-corrected chi connectivity index (χ4v) is 1.27. The van der Waals surface area contributed by atoms with E-state index in [4.69, 9.17) is 0 Å². The first-order valence-corrected chi connectivity index (χ1v) is 6.69. The van der Waals surface area contributed by atoms with Gasteiger partial charge >= 0.3 is 0 Å². The Labute approximate surface area is 110 Å². The molecule has 0 aromatic carbocycles. The molecule has 0 heterocycles. The van der Waals surface area contributed by atoms with Crippen LogP contribution in [0.2, 0.25) is 0 Å². The summed E-state index contributed by atoms with van der Waals surface area (Å²) in [6.07, 6.45) is 2.23. The van der Waals surface area contributed by atoms with E-state index in [9.17, 15) is 9.59 Å². The average Bonchev–Trinajstić information content (AvgIpc) is 2.31. The third-order valence-electron chi connectivity index (χ3n) is 2.75. The molecule has 0 radical (unpaired) electrons. The molecule has 0 aromatic rings. The van der Waals surface area contributed by atoms with E-state index in [1.165, 1.54) is 0 Å². The van der Waals surface area contributed by atoms with Crippen LogP contribution < -0.4 is 16.0 Å². The summed E-state index contributed by atoms with van der Waals surface area (Å²) in [5.41, 5.74) is -0.169. The van der Waals surface area contributed by atoms with Gasteiger partial charge in [-0.2, -0.15) is 0 Å². The maximum Gasteiger partial charge on any atom is 0.234 e. The Morgan fingerprint density at radius 2 is 1.72 bits per heavy atom. The topological polar surface area (TPSA) is 70.2 Å². The molecule has 0 aliphatic carbocycles. The Kier molecular flexibility index (Phi) is 8.37. The van der Waals surface area contributed by atoms with E-state index >= 15 is 0 Å². The average molecular weight is 257 g/mol. The highest BCUT2D eigenvalue weighted by Crippen LogP contribution is 2.05. The molecule has 0 fully saturated rings. The molecule has 5 nitrogen and oxygen atoms in total. The van der Waals surface area contributed by atoms with E-state index in [1.807, 2.05) is 27.7 Å². The van der Waals surface area contributed by atoms with Crippen LogP contribution in [-0.2, 0) is 9.59 Å². The van der Waals surface area contributed by atoms with Crippen LogP contribution in [0, 0.1) is 0 Å². The minimum Gasteiger partial charge on any atom is -0.356 e. The summed E-state index contributed by atoms with van der Waals surface area (Å²) in [5, 5.41) is 8.68. The summed E-state index contributed by atoms with van der Waals surface area (Å²) < 4.78 is 0. The van der Waals surface area contributed by atoms with Gasteiger partial charge in [-0.1, -0.05) is 13.8 Å². The number of carbonyl (C=O) groups is 2. The number of rotatable bonds is 9. The largest absolute Gasteiger partial charge is 0.356 e. The Morgan fingerprint density at radius 3 is 2.28 bits per heavy atom. The molecule has 2 amide bonds. The maximum atomic E-state index is 11.6. The van der Waals surface area contributed by atoms with Crippen LogP contribution in [0.1, 0.15) is 47.0 Å². The van der Waals surface area contributed by atoms with Crippen molar-refractivity contribution in [3.05, 3.63) is 0 Å². The lowest BCUT2D eigenvalue weighted by molar-refractivity contribution is -0.123. The van der Waals surface area contributed by atoms with Crippen LogP contribution in [0.25, 0.3) is 0 Å². The maximum absolute atomic E-state index is 11.6. The summed E-state index contributed by atoms with van der Waals surface area (Å²) in [6, 6.07) is 0. The minimum absolute atomic E-state index is 0.0265. The minimum atomic E-state index is -0.169. The first kappa shape index (κ1) is 16.9. The molecule has 0 saturated carbocycles. The summed E-state index contributed by atoms with van der Waals surface area (Å²) in [7, 11) is 0. The highest BCUT2D eigenvalue weighted by molar-refractivity contribution is 5.79. The van der Waals surface area contributed by atoms with Crippen LogP contribution >= 0.6 is 0 Å². The molecular formula is C13H27N3O2. The van der Waals surface area contributed by atoms with Gasteiger partial charge in [0, 0.05) is 25.0 Å². The molecular weight excluding hydrogens is 230 g/mol. The fourth-order valence-electron chi connectivity index (χ4n) is 1.27. The first-order valence-electron chi connectivity index (χ1n) is 6.69. The Hall–Kier alpha value is -1.10. The smallest absolute Gasteiger partial charge is 0.234 e. The van der Waals surface area contributed by atoms with Crippen molar-refractivity contribution in [1.82, 2.24) is 16.0 Å². The second-order valence-corrected chi connectivity index (χ2v) is 5.06. The van der Waals surface area contributed by atoms with Crippen LogP contribution in [-0.4, -0.2) is 37.0 Å². The Balaban J connectivity index is 3.60. The number of amides is 2. The predicted octanol–water partition coefficient (Wildman–Crippen LogP) is 0.797. The van der Waals surface area contributed by atoms with Gasteiger partial charge in [0.25, 0.3) is 0 Å². The van der Waals surface area contributed by atoms with Gasteiger partial charge in [0.2, 0.25) is 11.8 Å². The van der Waals surface area contributed by atoms with Crippen molar-refractivity contribution in [1.29, 1.82) is 0 Å². The number of nitrogens with one attached hydrogen (secondary N) is 3. The van der Waals surface area contributed by atoms with Crippen molar-refractivity contribution < 1.29 is 9.59 Å². The summed E-state index contributed by atoms with van der Waals surface area (Å²) in [6.45, 7) is 9.51. The van der Waals surface area contributed by atoms with Gasteiger partial charge in [-0.3, -0.25) is 9.59 Å². The number of hydrogen-bond acceptors (Lipinski definition) is 3. The standard InChI is InChI=1S/C13H27N3O2/c1-5-8-15-11(17)7-9-14-10-12(18)16-13(3,4)6-2/h14H,5-10H2,1-4H3,(H,15,17)(H,16,18). The molecule has 0 aromatic heterocycles. The second kappa shape index (κ2) is 8.91. The quantitative estimate of drug-likeness (QED) is 0.535. The zero-order valence-corrected chi connectivity index (χ0v) is 12.1. The van der Waals surface area contributed by atoms with Crippen molar-refractivity contribution >= 4 is 11.8 Å². The molecule has 5 heteroatoms. The molecule has 0 aliphatic heterocycles. The molecule has 0 atom stereocenters. The highest BCUT2D eigenvalue weighted by atomic mass is 16.2. The molecule has 106 valence electrons. The predicted molar refractivity (Wildman–Crippen MR) is 73.3 cm³/mol. The van der Waals surface area contributed by atoms with E-state index in [0.29, 0.717) is 19.5 Å². The lowest BCUT2D eigenvalue weighted by Crippen LogP contribution is -2.46. The highest BCUT2D eigenvalue weighted by Gasteiger charge is 2.17. The first-order chi connectivity index (χ1) is 8.41. The summed E-state index contributed by atoms with van der Waals surface area (Å²) >= 11 is 0. The molecule has 0 aliphatic rings. The number of hydrogen-bond donors (Lipinski definition) is 3. The van der Waals surface area contributed by atoms with Gasteiger partial charge in [0.15, 0.2) is 0 Å². The lowest BCUT2D eigenvalue weighted by atomic mass is 10.0. The molecule has 18 heavy (non-hydrogen) atoms. The van der Waals surface area contributed by atoms with Gasteiger partial charge in [-0.15, -0.1) is 0 Å².